The van der Waals surface area contributed by atoms with Crippen molar-refractivity contribution < 1.29 is 4.74 Å². The van der Waals surface area contributed by atoms with Gasteiger partial charge in [0.05, 0.1) is 5.69 Å². The van der Waals surface area contributed by atoms with Crippen LogP contribution in [0.25, 0.3) is 66.4 Å². The van der Waals surface area contributed by atoms with E-state index in [4.69, 9.17) is 4.74 Å². The topological polar surface area (TPSA) is 15.7 Å². The van der Waals surface area contributed by atoms with E-state index >= 15 is 0 Å². The minimum Gasteiger partial charge on any atom is -0.456 e. The SMILES string of the molecule is c1ccc(-c2ccc(N(c3ccc(-c4ccccc4)c(-c4ccccc4)c3)c3cc4c5c(cccc5c3)-c3ccc(N(c5ccccc5)c5ccccc5)cc3O4)cc2-c2ccccc2)cc1. The zero-order valence-corrected chi connectivity index (χ0v) is 36.7. The molecule has 0 aromatic heterocycles. The van der Waals surface area contributed by atoms with Crippen LogP contribution in [0.15, 0.2) is 267 Å². The third kappa shape index (κ3) is 7.49. The van der Waals surface area contributed by atoms with Gasteiger partial charge in [-0.15, -0.1) is 0 Å². The molecule has 0 saturated carbocycles. The Morgan fingerprint density at radius 3 is 1.09 bits per heavy atom. The van der Waals surface area contributed by atoms with Crippen LogP contribution in [0.3, 0.4) is 0 Å². The van der Waals surface area contributed by atoms with Crippen molar-refractivity contribution in [2.24, 2.45) is 0 Å². The van der Waals surface area contributed by atoms with Crippen molar-refractivity contribution in [2.75, 3.05) is 9.80 Å². The molecule has 1 aliphatic heterocycles. The third-order valence-electron chi connectivity index (χ3n) is 12.8. The monoisotopic (exact) mass is 856 g/mol. The first-order valence-corrected chi connectivity index (χ1v) is 22.8. The predicted octanol–water partition coefficient (Wildman–Crippen LogP) is 18.2. The van der Waals surface area contributed by atoms with E-state index < -0.39 is 0 Å². The summed E-state index contributed by atoms with van der Waals surface area (Å²) in [6.07, 6.45) is 0. The number of anilines is 6. The summed E-state index contributed by atoms with van der Waals surface area (Å²) in [5.41, 5.74) is 17.8. The highest BCUT2D eigenvalue weighted by Gasteiger charge is 2.26. The molecule has 0 atom stereocenters. The Balaban J connectivity index is 1.06. The van der Waals surface area contributed by atoms with Gasteiger partial charge in [-0.05, 0) is 122 Å². The number of nitrogens with zero attached hydrogens (tertiary/aromatic N) is 2. The highest BCUT2D eigenvalue weighted by molar-refractivity contribution is 6.07. The van der Waals surface area contributed by atoms with Gasteiger partial charge in [0.25, 0.3) is 0 Å². The molecule has 3 nitrogen and oxygen atoms in total. The molecule has 0 bridgehead atoms. The molecule has 12 rings (SSSR count). The number of hydrogen-bond donors (Lipinski definition) is 0. The summed E-state index contributed by atoms with van der Waals surface area (Å²) in [7, 11) is 0. The van der Waals surface area contributed by atoms with E-state index in [1.54, 1.807) is 0 Å². The largest absolute Gasteiger partial charge is 0.456 e. The zero-order chi connectivity index (χ0) is 44.5. The lowest BCUT2D eigenvalue weighted by Gasteiger charge is -2.30. The van der Waals surface area contributed by atoms with E-state index in [0.717, 1.165) is 89.8 Å². The summed E-state index contributed by atoms with van der Waals surface area (Å²) < 4.78 is 7.16. The zero-order valence-electron chi connectivity index (χ0n) is 36.7. The van der Waals surface area contributed by atoms with Crippen LogP contribution in [0.1, 0.15) is 0 Å². The van der Waals surface area contributed by atoms with Gasteiger partial charge < -0.3 is 14.5 Å². The Bertz CT molecular complexity index is 3360. The molecule has 316 valence electrons. The molecule has 0 fully saturated rings. The third-order valence-corrected chi connectivity index (χ3v) is 12.8. The van der Waals surface area contributed by atoms with Gasteiger partial charge in [-0.25, -0.2) is 0 Å². The first-order chi connectivity index (χ1) is 33.2. The van der Waals surface area contributed by atoms with E-state index in [-0.39, 0.29) is 0 Å². The molecular weight excluding hydrogens is 813 g/mol. The Morgan fingerprint density at radius 2 is 0.612 bits per heavy atom. The minimum absolute atomic E-state index is 0.815. The van der Waals surface area contributed by atoms with Crippen LogP contribution >= 0.6 is 0 Å². The molecule has 1 heterocycles. The summed E-state index contributed by atoms with van der Waals surface area (Å²) in [6.45, 7) is 0. The Kier molecular flexibility index (Phi) is 10.2. The smallest absolute Gasteiger partial charge is 0.138 e. The van der Waals surface area contributed by atoms with Crippen molar-refractivity contribution in [1.82, 2.24) is 0 Å². The van der Waals surface area contributed by atoms with Crippen molar-refractivity contribution in [3.8, 4) is 67.1 Å². The average molecular weight is 857 g/mol. The summed E-state index contributed by atoms with van der Waals surface area (Å²) in [5.74, 6) is 1.63. The number of rotatable bonds is 10. The molecule has 3 heteroatoms. The molecule has 11 aromatic carbocycles. The molecule has 11 aromatic rings. The van der Waals surface area contributed by atoms with Crippen molar-refractivity contribution >= 4 is 44.9 Å². The number of fused-ring (bicyclic) bond motifs is 2. The molecule has 0 amide bonds. The number of ether oxygens (including phenoxy) is 1. The lowest BCUT2D eigenvalue weighted by molar-refractivity contribution is 0.487. The molecule has 1 aliphatic rings. The molecule has 67 heavy (non-hydrogen) atoms. The summed E-state index contributed by atoms with van der Waals surface area (Å²) in [5, 5.41) is 2.21. The summed E-state index contributed by atoms with van der Waals surface area (Å²) >= 11 is 0. The van der Waals surface area contributed by atoms with Gasteiger partial charge in [0.15, 0.2) is 0 Å². The Morgan fingerprint density at radius 1 is 0.224 bits per heavy atom. The highest BCUT2D eigenvalue weighted by atomic mass is 16.5. The molecule has 0 aliphatic carbocycles. The van der Waals surface area contributed by atoms with E-state index in [9.17, 15) is 0 Å². The Hall–Kier alpha value is -8.92. The van der Waals surface area contributed by atoms with Crippen LogP contribution in [0.5, 0.6) is 11.5 Å². The molecular formula is C64H44N2O. The van der Waals surface area contributed by atoms with E-state index in [1.165, 1.54) is 22.3 Å². The van der Waals surface area contributed by atoms with Crippen LogP contribution in [0, 0.1) is 0 Å². The number of para-hydroxylation sites is 2. The summed E-state index contributed by atoms with van der Waals surface area (Å²) in [6, 6.07) is 95.4. The van der Waals surface area contributed by atoms with Crippen LogP contribution < -0.4 is 14.5 Å². The van der Waals surface area contributed by atoms with Crippen molar-refractivity contribution in [2.45, 2.75) is 0 Å². The average Bonchev–Trinajstić information content (AvgIpc) is 3.40. The van der Waals surface area contributed by atoms with Gasteiger partial charge in [0, 0.05) is 51.5 Å². The van der Waals surface area contributed by atoms with Crippen molar-refractivity contribution in [3.05, 3.63) is 267 Å². The van der Waals surface area contributed by atoms with Crippen molar-refractivity contribution in [1.29, 1.82) is 0 Å². The number of benzene rings is 11. The second-order valence-electron chi connectivity index (χ2n) is 16.9. The highest BCUT2D eigenvalue weighted by Crippen LogP contribution is 2.52. The predicted molar refractivity (Wildman–Crippen MR) is 281 cm³/mol. The maximum Gasteiger partial charge on any atom is 0.138 e. The molecule has 0 spiro atoms. The lowest BCUT2D eigenvalue weighted by atomic mass is 9.92. The van der Waals surface area contributed by atoms with E-state index in [2.05, 4.69) is 277 Å². The quantitative estimate of drug-likeness (QED) is 0.136. The number of hydrogen-bond acceptors (Lipinski definition) is 3. The van der Waals surface area contributed by atoms with Crippen LogP contribution in [-0.4, -0.2) is 0 Å². The van der Waals surface area contributed by atoms with E-state index in [1.807, 2.05) is 0 Å². The normalized spacial score (nSPS) is 11.4. The lowest BCUT2D eigenvalue weighted by Crippen LogP contribution is -2.12. The van der Waals surface area contributed by atoms with Gasteiger partial charge >= 0.3 is 0 Å². The maximum atomic E-state index is 7.16. The Labute approximate surface area is 391 Å². The first-order valence-electron chi connectivity index (χ1n) is 22.8. The van der Waals surface area contributed by atoms with Gasteiger partial charge in [-0.1, -0.05) is 188 Å². The second kappa shape index (κ2) is 17.2. The fraction of sp³-hybridized carbons (Fsp3) is 0. The van der Waals surface area contributed by atoms with E-state index in [0.29, 0.717) is 0 Å². The van der Waals surface area contributed by atoms with Crippen molar-refractivity contribution in [3.63, 3.8) is 0 Å². The maximum absolute atomic E-state index is 7.16. The molecule has 0 saturated heterocycles. The van der Waals surface area contributed by atoms with Crippen LogP contribution in [0.4, 0.5) is 34.1 Å². The van der Waals surface area contributed by atoms with Gasteiger partial charge in [0.2, 0.25) is 0 Å². The fourth-order valence-electron chi connectivity index (χ4n) is 9.73. The van der Waals surface area contributed by atoms with Gasteiger partial charge in [0.1, 0.15) is 11.5 Å². The standard InChI is InChI=1S/C64H44N2O/c1-7-20-45(21-8-1)56-37-34-52(41-60(56)47-24-11-3-12-25-47)66(53-35-38-57(46-22-9-2-10-23-46)61(42-53)48-26-13-4-14-27-48)55-40-49-28-19-33-59-58-39-36-54(43-62(58)67-63(44-55)64(49)59)65(50-29-15-5-16-30-50)51-31-17-6-18-32-51/h1-44H. The molecule has 0 unspecified atom stereocenters. The molecule has 0 radical (unpaired) electrons. The minimum atomic E-state index is 0.815. The van der Waals surface area contributed by atoms with Crippen LogP contribution in [-0.2, 0) is 0 Å². The van der Waals surface area contributed by atoms with Crippen LogP contribution in [0.2, 0.25) is 0 Å². The fourth-order valence-corrected chi connectivity index (χ4v) is 9.73. The second-order valence-corrected chi connectivity index (χ2v) is 16.9. The molecule has 0 N–H and O–H groups in total. The first kappa shape index (κ1) is 39.7. The summed E-state index contributed by atoms with van der Waals surface area (Å²) in [4.78, 5) is 4.68. The van der Waals surface area contributed by atoms with Gasteiger partial charge in [-0.2, -0.15) is 0 Å². The van der Waals surface area contributed by atoms with Gasteiger partial charge in [-0.3, -0.25) is 0 Å².